The Kier molecular flexibility index (Phi) is 3.67. The lowest BCUT2D eigenvalue weighted by molar-refractivity contribution is 0.172. The van der Waals surface area contributed by atoms with Crippen molar-refractivity contribution in [3.8, 4) is 0 Å². The molecule has 1 aliphatic rings. The van der Waals surface area contributed by atoms with Crippen LogP contribution >= 0.6 is 0 Å². The van der Waals surface area contributed by atoms with Gasteiger partial charge < -0.3 is 4.98 Å². The highest BCUT2D eigenvalue weighted by atomic mass is 16.1. The van der Waals surface area contributed by atoms with Crippen molar-refractivity contribution in [3.63, 3.8) is 0 Å². The van der Waals surface area contributed by atoms with Gasteiger partial charge in [0.05, 0.1) is 6.04 Å². The van der Waals surface area contributed by atoms with Gasteiger partial charge in [0.2, 0.25) is 0 Å². The number of fused-ring (bicyclic) bond motifs is 1. The molecular formula is C17H19N5O. The van der Waals surface area contributed by atoms with Gasteiger partial charge in [-0.15, -0.1) is 0 Å². The molecule has 118 valence electrons. The normalized spacial score (nSPS) is 16.9. The molecule has 0 bridgehead atoms. The number of aromatic nitrogens is 4. The van der Waals surface area contributed by atoms with E-state index in [1.165, 1.54) is 0 Å². The van der Waals surface area contributed by atoms with Crippen molar-refractivity contribution < 1.29 is 0 Å². The quantitative estimate of drug-likeness (QED) is 0.803. The number of aromatic amines is 1. The van der Waals surface area contributed by atoms with Crippen molar-refractivity contribution >= 4 is 10.9 Å². The molecule has 0 amide bonds. The monoisotopic (exact) mass is 309 g/mol. The summed E-state index contributed by atoms with van der Waals surface area (Å²) in [5.74, 6) is 0. The molecule has 0 atom stereocenters. The standard InChI is InChI=1S/C17H19N5O/c23-17-14(9-13-3-1-2-4-16(13)20-17)10-21-7-5-15(6-8-21)22-12-18-11-19-22/h1-4,9,11-12,15H,5-8,10H2,(H,20,23). The lowest BCUT2D eigenvalue weighted by atomic mass is 10.0. The van der Waals surface area contributed by atoms with E-state index in [2.05, 4.69) is 20.0 Å². The lowest BCUT2D eigenvalue weighted by Crippen LogP contribution is -2.35. The Morgan fingerprint density at radius 1 is 1.22 bits per heavy atom. The number of pyridine rings is 1. The molecule has 6 nitrogen and oxygen atoms in total. The summed E-state index contributed by atoms with van der Waals surface area (Å²) < 4.78 is 1.94. The number of H-pyrrole nitrogens is 1. The van der Waals surface area contributed by atoms with Crippen molar-refractivity contribution in [1.29, 1.82) is 0 Å². The Hall–Kier alpha value is -2.47. The Bertz CT molecular complexity index is 847. The Morgan fingerprint density at radius 3 is 2.83 bits per heavy atom. The van der Waals surface area contributed by atoms with Crippen LogP contribution in [0.1, 0.15) is 24.4 Å². The number of hydrogen-bond acceptors (Lipinski definition) is 4. The summed E-state index contributed by atoms with van der Waals surface area (Å²) in [5.41, 5.74) is 1.75. The van der Waals surface area contributed by atoms with Gasteiger partial charge in [0.25, 0.3) is 5.56 Å². The molecule has 2 aromatic heterocycles. The van der Waals surface area contributed by atoms with Crippen LogP contribution in [0, 0.1) is 0 Å². The van der Waals surface area contributed by atoms with Gasteiger partial charge in [-0.1, -0.05) is 18.2 Å². The fourth-order valence-corrected chi connectivity index (χ4v) is 3.30. The van der Waals surface area contributed by atoms with Crippen LogP contribution in [0.25, 0.3) is 10.9 Å². The van der Waals surface area contributed by atoms with Crippen LogP contribution in [-0.2, 0) is 6.54 Å². The van der Waals surface area contributed by atoms with Crippen LogP contribution in [-0.4, -0.2) is 37.7 Å². The molecule has 3 heterocycles. The highest BCUT2D eigenvalue weighted by molar-refractivity contribution is 5.78. The van der Waals surface area contributed by atoms with E-state index in [-0.39, 0.29) is 5.56 Å². The Balaban J connectivity index is 1.47. The second-order valence-electron chi connectivity index (χ2n) is 6.09. The summed E-state index contributed by atoms with van der Waals surface area (Å²) in [6, 6.07) is 10.3. The minimum atomic E-state index is 0.0158. The highest BCUT2D eigenvalue weighted by Gasteiger charge is 2.21. The Labute approximate surface area is 133 Å². The van der Waals surface area contributed by atoms with Crippen molar-refractivity contribution in [1.82, 2.24) is 24.6 Å². The zero-order chi connectivity index (χ0) is 15.6. The molecule has 1 aromatic carbocycles. The van der Waals surface area contributed by atoms with Gasteiger partial charge in [0, 0.05) is 30.7 Å². The number of para-hydroxylation sites is 1. The summed E-state index contributed by atoms with van der Waals surface area (Å²) in [4.78, 5) is 21.6. The maximum Gasteiger partial charge on any atom is 0.252 e. The third-order valence-corrected chi connectivity index (χ3v) is 4.59. The zero-order valence-electron chi connectivity index (χ0n) is 12.9. The van der Waals surface area contributed by atoms with E-state index in [4.69, 9.17) is 0 Å². The van der Waals surface area contributed by atoms with E-state index in [9.17, 15) is 4.79 Å². The summed E-state index contributed by atoms with van der Waals surface area (Å²) in [6.07, 6.45) is 5.44. The summed E-state index contributed by atoms with van der Waals surface area (Å²) in [7, 11) is 0. The molecule has 1 saturated heterocycles. The number of likely N-dealkylation sites (tertiary alicyclic amines) is 1. The average molecular weight is 309 g/mol. The van der Waals surface area contributed by atoms with Gasteiger partial charge in [-0.3, -0.25) is 9.69 Å². The summed E-state index contributed by atoms with van der Waals surface area (Å²) in [5, 5.41) is 5.31. The highest BCUT2D eigenvalue weighted by Crippen LogP contribution is 2.22. The van der Waals surface area contributed by atoms with Gasteiger partial charge in [0.15, 0.2) is 0 Å². The second kappa shape index (κ2) is 5.96. The predicted octanol–water partition coefficient (Wildman–Crippen LogP) is 1.96. The molecule has 3 aromatic rings. The van der Waals surface area contributed by atoms with Gasteiger partial charge in [-0.2, -0.15) is 5.10 Å². The first-order valence-corrected chi connectivity index (χ1v) is 7.97. The van der Waals surface area contributed by atoms with Crippen LogP contribution in [0.2, 0.25) is 0 Å². The third-order valence-electron chi connectivity index (χ3n) is 4.59. The van der Waals surface area contributed by atoms with E-state index < -0.39 is 0 Å². The lowest BCUT2D eigenvalue weighted by Gasteiger charge is -2.31. The van der Waals surface area contributed by atoms with Crippen molar-refractivity contribution in [2.45, 2.75) is 25.4 Å². The van der Waals surface area contributed by atoms with Crippen LogP contribution in [0.3, 0.4) is 0 Å². The molecule has 1 fully saturated rings. The number of piperidine rings is 1. The fraction of sp³-hybridized carbons (Fsp3) is 0.353. The number of benzene rings is 1. The maximum absolute atomic E-state index is 12.3. The van der Waals surface area contributed by atoms with Crippen LogP contribution in [0.15, 0.2) is 47.8 Å². The van der Waals surface area contributed by atoms with E-state index in [1.54, 1.807) is 12.7 Å². The molecule has 1 N–H and O–H groups in total. The summed E-state index contributed by atoms with van der Waals surface area (Å²) >= 11 is 0. The number of nitrogens with zero attached hydrogens (tertiary/aromatic N) is 4. The molecule has 6 heteroatoms. The molecule has 1 aliphatic heterocycles. The largest absolute Gasteiger partial charge is 0.322 e. The first-order chi connectivity index (χ1) is 11.3. The summed E-state index contributed by atoms with van der Waals surface area (Å²) in [6.45, 7) is 2.64. The smallest absolute Gasteiger partial charge is 0.252 e. The molecule has 0 radical (unpaired) electrons. The van der Waals surface area contributed by atoms with Crippen LogP contribution in [0.4, 0.5) is 0 Å². The van der Waals surface area contributed by atoms with E-state index in [0.29, 0.717) is 12.6 Å². The fourth-order valence-electron chi connectivity index (χ4n) is 3.30. The third kappa shape index (κ3) is 2.90. The zero-order valence-corrected chi connectivity index (χ0v) is 12.9. The van der Waals surface area contributed by atoms with Gasteiger partial charge in [-0.05, 0) is 30.4 Å². The minimum Gasteiger partial charge on any atom is -0.322 e. The van der Waals surface area contributed by atoms with Gasteiger partial charge >= 0.3 is 0 Å². The number of nitrogens with one attached hydrogen (secondary N) is 1. The maximum atomic E-state index is 12.3. The minimum absolute atomic E-state index is 0.0158. The van der Waals surface area contributed by atoms with E-state index in [0.717, 1.165) is 42.4 Å². The van der Waals surface area contributed by atoms with Crippen LogP contribution in [0.5, 0.6) is 0 Å². The molecule has 0 unspecified atom stereocenters. The first kappa shape index (κ1) is 14.1. The van der Waals surface area contributed by atoms with Crippen LogP contribution < -0.4 is 5.56 Å². The topological polar surface area (TPSA) is 66.8 Å². The van der Waals surface area contributed by atoms with Gasteiger partial charge in [-0.25, -0.2) is 9.67 Å². The van der Waals surface area contributed by atoms with E-state index >= 15 is 0 Å². The molecule has 0 aliphatic carbocycles. The molecular weight excluding hydrogens is 290 g/mol. The molecule has 0 saturated carbocycles. The van der Waals surface area contributed by atoms with Crippen molar-refractivity contribution in [2.24, 2.45) is 0 Å². The predicted molar refractivity (Wildman–Crippen MR) is 88.1 cm³/mol. The second-order valence-corrected chi connectivity index (χ2v) is 6.09. The first-order valence-electron chi connectivity index (χ1n) is 7.97. The molecule has 4 rings (SSSR count). The number of hydrogen-bond donors (Lipinski definition) is 1. The van der Waals surface area contributed by atoms with Crippen molar-refractivity contribution in [3.05, 3.63) is 58.9 Å². The van der Waals surface area contributed by atoms with E-state index in [1.807, 2.05) is 35.0 Å². The Morgan fingerprint density at radius 2 is 2.04 bits per heavy atom. The average Bonchev–Trinajstić information content (AvgIpc) is 3.11. The molecule has 23 heavy (non-hydrogen) atoms. The number of rotatable bonds is 3. The van der Waals surface area contributed by atoms with Crippen molar-refractivity contribution in [2.75, 3.05) is 13.1 Å². The molecule has 0 spiro atoms. The SMILES string of the molecule is O=c1[nH]c2ccccc2cc1CN1CCC(n2cncn2)CC1. The van der Waals surface area contributed by atoms with Gasteiger partial charge in [0.1, 0.15) is 12.7 Å².